The van der Waals surface area contributed by atoms with E-state index in [1.165, 1.54) is 16.7 Å². The molecule has 0 saturated heterocycles. The number of ether oxygens (including phenoxy) is 1. The van der Waals surface area contributed by atoms with E-state index < -0.39 is 0 Å². The van der Waals surface area contributed by atoms with Crippen molar-refractivity contribution in [1.82, 2.24) is 0 Å². The summed E-state index contributed by atoms with van der Waals surface area (Å²) in [4.78, 5) is 13.7. The Hall–Kier alpha value is -2.29. The van der Waals surface area contributed by atoms with E-state index in [9.17, 15) is 4.79 Å². The largest absolute Gasteiger partial charge is 0.497 e. The maximum atomic E-state index is 11.8. The molecule has 0 saturated carbocycles. The summed E-state index contributed by atoms with van der Waals surface area (Å²) in [5.41, 5.74) is 4.77. The van der Waals surface area contributed by atoms with E-state index in [1.54, 1.807) is 7.11 Å². The lowest BCUT2D eigenvalue weighted by Crippen LogP contribution is -2.40. The van der Waals surface area contributed by atoms with Gasteiger partial charge in [0.25, 0.3) is 0 Å². The Morgan fingerprint density at radius 1 is 1.16 bits per heavy atom. The maximum Gasteiger partial charge on any atom is 0.214 e. The van der Waals surface area contributed by atoms with Crippen molar-refractivity contribution in [2.75, 3.05) is 12.0 Å². The van der Waals surface area contributed by atoms with Gasteiger partial charge in [-0.05, 0) is 55.5 Å². The Bertz CT molecular complexity index is 749. The van der Waals surface area contributed by atoms with Crippen molar-refractivity contribution in [3.63, 3.8) is 0 Å². The second kappa shape index (κ2) is 6.91. The third-order valence-electron chi connectivity index (χ3n) is 5.52. The number of hydrogen-bond acceptors (Lipinski definition) is 2. The molecule has 3 heteroatoms. The highest BCUT2D eigenvalue weighted by Crippen LogP contribution is 2.47. The molecule has 0 aromatic heterocycles. The van der Waals surface area contributed by atoms with Crippen LogP contribution in [0.5, 0.6) is 5.75 Å². The number of aryl methyl sites for hydroxylation is 2. The lowest BCUT2D eigenvalue weighted by Gasteiger charge is -2.31. The minimum atomic E-state index is -0.0853. The molecule has 0 fully saturated rings. The molecular weight excluding hydrogens is 310 g/mol. The second-order valence-corrected chi connectivity index (χ2v) is 7.51. The number of anilines is 1. The standard InChI is InChI=1S/C22H27NO2/c1-16-8-10-17(11-9-16)6-5-7-21-22(2,3)19-14-18(25-4)12-13-20(19)23(21)15-24/h8-15,21H,5-7H2,1-4H3. The SMILES string of the molecule is COc1ccc2c(c1)C(C)(C)C(CCCc1ccc(C)cc1)N2C=O. The summed E-state index contributed by atoms with van der Waals surface area (Å²) >= 11 is 0. The Kier molecular flexibility index (Phi) is 4.85. The first-order valence-electron chi connectivity index (χ1n) is 8.95. The van der Waals surface area contributed by atoms with Gasteiger partial charge in [-0.25, -0.2) is 0 Å². The molecule has 0 aliphatic carbocycles. The van der Waals surface area contributed by atoms with Crippen LogP contribution in [0.2, 0.25) is 0 Å². The number of benzene rings is 2. The maximum absolute atomic E-state index is 11.8. The minimum Gasteiger partial charge on any atom is -0.497 e. The highest BCUT2D eigenvalue weighted by atomic mass is 16.5. The number of amides is 1. The van der Waals surface area contributed by atoms with Gasteiger partial charge in [-0.1, -0.05) is 43.7 Å². The highest BCUT2D eigenvalue weighted by Gasteiger charge is 2.44. The van der Waals surface area contributed by atoms with Gasteiger partial charge in [-0.3, -0.25) is 4.79 Å². The lowest BCUT2D eigenvalue weighted by molar-refractivity contribution is -0.108. The molecule has 2 aromatic carbocycles. The number of rotatable bonds is 6. The van der Waals surface area contributed by atoms with E-state index >= 15 is 0 Å². The topological polar surface area (TPSA) is 29.5 Å². The molecule has 25 heavy (non-hydrogen) atoms. The van der Waals surface area contributed by atoms with Gasteiger partial charge in [0.2, 0.25) is 6.41 Å². The van der Waals surface area contributed by atoms with Crippen LogP contribution in [0.25, 0.3) is 0 Å². The third kappa shape index (κ3) is 3.28. The fourth-order valence-corrected chi connectivity index (χ4v) is 3.96. The number of hydrogen-bond donors (Lipinski definition) is 0. The van der Waals surface area contributed by atoms with Crippen molar-refractivity contribution in [2.24, 2.45) is 0 Å². The third-order valence-corrected chi connectivity index (χ3v) is 5.52. The predicted octanol–water partition coefficient (Wildman–Crippen LogP) is 4.65. The molecule has 132 valence electrons. The average molecular weight is 337 g/mol. The molecule has 1 aliphatic heterocycles. The summed E-state index contributed by atoms with van der Waals surface area (Å²) in [6.45, 7) is 6.56. The number of methoxy groups -OCH3 is 1. The van der Waals surface area contributed by atoms with E-state index in [4.69, 9.17) is 4.74 Å². The van der Waals surface area contributed by atoms with Gasteiger partial charge in [-0.15, -0.1) is 0 Å². The van der Waals surface area contributed by atoms with E-state index in [-0.39, 0.29) is 11.5 Å². The molecule has 0 radical (unpaired) electrons. The monoisotopic (exact) mass is 337 g/mol. The summed E-state index contributed by atoms with van der Waals surface area (Å²) in [6, 6.07) is 14.9. The van der Waals surface area contributed by atoms with E-state index in [2.05, 4.69) is 51.1 Å². The van der Waals surface area contributed by atoms with Gasteiger partial charge in [0.15, 0.2) is 0 Å². The van der Waals surface area contributed by atoms with Crippen molar-refractivity contribution in [2.45, 2.75) is 51.5 Å². The van der Waals surface area contributed by atoms with E-state index in [0.717, 1.165) is 37.1 Å². The Balaban J connectivity index is 1.76. The van der Waals surface area contributed by atoms with Crippen LogP contribution in [0.15, 0.2) is 42.5 Å². The number of nitrogens with zero attached hydrogens (tertiary/aromatic N) is 1. The molecule has 3 nitrogen and oxygen atoms in total. The minimum absolute atomic E-state index is 0.0853. The zero-order valence-electron chi connectivity index (χ0n) is 15.6. The molecule has 0 bridgehead atoms. The van der Waals surface area contributed by atoms with Crippen molar-refractivity contribution >= 4 is 12.1 Å². The van der Waals surface area contributed by atoms with Crippen molar-refractivity contribution in [1.29, 1.82) is 0 Å². The van der Waals surface area contributed by atoms with Gasteiger partial charge >= 0.3 is 0 Å². The zero-order valence-corrected chi connectivity index (χ0v) is 15.6. The Morgan fingerprint density at radius 2 is 1.88 bits per heavy atom. The number of carbonyl (C=O) groups excluding carboxylic acids is 1. The molecule has 1 atom stereocenters. The first-order valence-corrected chi connectivity index (χ1v) is 8.95. The summed E-state index contributed by atoms with van der Waals surface area (Å²) in [5, 5.41) is 0. The number of carbonyl (C=O) groups is 1. The lowest BCUT2D eigenvalue weighted by atomic mass is 9.78. The van der Waals surface area contributed by atoms with Gasteiger partial charge in [-0.2, -0.15) is 0 Å². The van der Waals surface area contributed by atoms with Gasteiger partial charge in [0.05, 0.1) is 7.11 Å². The Morgan fingerprint density at radius 3 is 2.52 bits per heavy atom. The normalized spacial score (nSPS) is 18.1. The van der Waals surface area contributed by atoms with E-state index in [1.807, 2.05) is 17.0 Å². The van der Waals surface area contributed by atoms with E-state index in [0.29, 0.717) is 0 Å². The van der Waals surface area contributed by atoms with Crippen LogP contribution >= 0.6 is 0 Å². The van der Waals surface area contributed by atoms with Gasteiger partial charge in [0.1, 0.15) is 5.75 Å². The Labute approximate surface area is 150 Å². The highest BCUT2D eigenvalue weighted by molar-refractivity contribution is 5.83. The molecule has 0 spiro atoms. The quantitative estimate of drug-likeness (QED) is 0.718. The van der Waals surface area contributed by atoms with Gasteiger partial charge in [0, 0.05) is 17.1 Å². The average Bonchev–Trinajstić information content (AvgIpc) is 2.83. The van der Waals surface area contributed by atoms with Crippen LogP contribution < -0.4 is 9.64 Å². The first-order chi connectivity index (χ1) is 12.0. The molecule has 0 N–H and O–H groups in total. The molecule has 1 unspecified atom stereocenters. The molecule has 2 aromatic rings. The predicted molar refractivity (Wildman–Crippen MR) is 102 cm³/mol. The zero-order chi connectivity index (χ0) is 18.0. The summed E-state index contributed by atoms with van der Waals surface area (Å²) in [6.07, 6.45) is 4.07. The molecular formula is C22H27NO2. The number of fused-ring (bicyclic) bond motifs is 1. The molecule has 1 heterocycles. The van der Waals surface area contributed by atoms with Crippen LogP contribution in [-0.2, 0) is 16.6 Å². The fourth-order valence-electron chi connectivity index (χ4n) is 3.96. The summed E-state index contributed by atoms with van der Waals surface area (Å²) in [5.74, 6) is 0.845. The van der Waals surface area contributed by atoms with Crippen LogP contribution in [-0.4, -0.2) is 19.6 Å². The van der Waals surface area contributed by atoms with Crippen LogP contribution in [0, 0.1) is 6.92 Å². The first kappa shape index (κ1) is 17.5. The fraction of sp³-hybridized carbons (Fsp3) is 0.409. The van der Waals surface area contributed by atoms with Gasteiger partial charge < -0.3 is 9.64 Å². The van der Waals surface area contributed by atoms with Crippen LogP contribution in [0.1, 0.15) is 43.4 Å². The van der Waals surface area contributed by atoms with Crippen LogP contribution in [0.4, 0.5) is 5.69 Å². The molecule has 3 rings (SSSR count). The molecule has 1 aliphatic rings. The molecule has 1 amide bonds. The summed E-state index contributed by atoms with van der Waals surface area (Å²) < 4.78 is 5.38. The van der Waals surface area contributed by atoms with Crippen LogP contribution in [0.3, 0.4) is 0 Å². The second-order valence-electron chi connectivity index (χ2n) is 7.51. The van der Waals surface area contributed by atoms with Crippen molar-refractivity contribution in [3.05, 3.63) is 59.2 Å². The smallest absolute Gasteiger partial charge is 0.214 e. The van der Waals surface area contributed by atoms with Crippen molar-refractivity contribution < 1.29 is 9.53 Å². The summed E-state index contributed by atoms with van der Waals surface area (Å²) in [7, 11) is 1.68. The van der Waals surface area contributed by atoms with Crippen molar-refractivity contribution in [3.8, 4) is 5.75 Å².